The molecular weight excluding hydrogens is 370 g/mol. The van der Waals surface area contributed by atoms with Crippen molar-refractivity contribution in [1.82, 2.24) is 5.32 Å². The van der Waals surface area contributed by atoms with Crippen molar-refractivity contribution in [3.63, 3.8) is 0 Å². The highest BCUT2D eigenvalue weighted by Gasteiger charge is 2.14. The molecule has 2 rings (SSSR count). The van der Waals surface area contributed by atoms with Crippen LogP contribution in [0.25, 0.3) is 0 Å². The molecule has 0 aromatic heterocycles. The summed E-state index contributed by atoms with van der Waals surface area (Å²) in [6, 6.07) is 12.9. The molecule has 24 heavy (non-hydrogen) atoms. The molecule has 5 heteroatoms. The van der Waals surface area contributed by atoms with Gasteiger partial charge in [0.15, 0.2) is 11.5 Å². The van der Waals surface area contributed by atoms with Gasteiger partial charge in [0.05, 0.1) is 19.3 Å². The lowest BCUT2D eigenvalue weighted by atomic mass is 10.1. The summed E-state index contributed by atoms with van der Waals surface area (Å²) >= 11 is 3.37. The van der Waals surface area contributed by atoms with E-state index in [0.29, 0.717) is 24.5 Å². The molecule has 1 amide bonds. The van der Waals surface area contributed by atoms with Crippen LogP contribution in [0.3, 0.4) is 0 Å². The summed E-state index contributed by atoms with van der Waals surface area (Å²) in [5.41, 5.74) is 1.59. The van der Waals surface area contributed by atoms with Gasteiger partial charge in [-0.05, 0) is 62.7 Å². The Morgan fingerprint density at radius 2 is 1.67 bits per heavy atom. The molecule has 0 heterocycles. The maximum absolute atomic E-state index is 12.3. The lowest BCUT2D eigenvalue weighted by Crippen LogP contribution is -2.26. The van der Waals surface area contributed by atoms with E-state index in [4.69, 9.17) is 9.47 Å². The van der Waals surface area contributed by atoms with Gasteiger partial charge in [0.1, 0.15) is 0 Å². The van der Waals surface area contributed by atoms with E-state index in [0.717, 1.165) is 15.8 Å². The Morgan fingerprint density at radius 1 is 1.04 bits per heavy atom. The number of carbonyl (C=O) groups is 1. The van der Waals surface area contributed by atoms with E-state index >= 15 is 0 Å². The summed E-state index contributed by atoms with van der Waals surface area (Å²) in [6.45, 7) is 6.95. The van der Waals surface area contributed by atoms with Gasteiger partial charge in [-0.1, -0.05) is 22.0 Å². The van der Waals surface area contributed by atoms with E-state index in [1.54, 1.807) is 12.1 Å². The van der Waals surface area contributed by atoms with Crippen LogP contribution in [-0.4, -0.2) is 19.1 Å². The zero-order valence-electron chi connectivity index (χ0n) is 14.1. The van der Waals surface area contributed by atoms with Crippen LogP contribution >= 0.6 is 15.9 Å². The Hall–Kier alpha value is -2.01. The minimum absolute atomic E-state index is 0.109. The first-order valence-electron chi connectivity index (χ1n) is 8.01. The predicted molar refractivity (Wildman–Crippen MR) is 98.8 cm³/mol. The van der Waals surface area contributed by atoms with Crippen molar-refractivity contribution < 1.29 is 14.3 Å². The molecule has 128 valence electrons. The molecule has 0 radical (unpaired) electrons. The quantitative estimate of drug-likeness (QED) is 0.741. The van der Waals surface area contributed by atoms with Crippen LogP contribution in [0.1, 0.15) is 42.7 Å². The number of rotatable bonds is 7. The molecular formula is C19H22BrNO3. The fourth-order valence-corrected chi connectivity index (χ4v) is 2.57. The van der Waals surface area contributed by atoms with Crippen molar-refractivity contribution in [3.8, 4) is 11.5 Å². The maximum Gasteiger partial charge on any atom is 0.251 e. The SMILES string of the molecule is CCOc1ccc([C@@H](C)NC(=O)c2ccc(Br)cc2)cc1OCC. The first-order chi connectivity index (χ1) is 11.5. The zero-order chi connectivity index (χ0) is 17.5. The molecule has 0 fully saturated rings. The average Bonchev–Trinajstić information content (AvgIpc) is 2.57. The van der Waals surface area contributed by atoms with Crippen molar-refractivity contribution in [2.45, 2.75) is 26.8 Å². The molecule has 0 bridgehead atoms. The molecule has 1 N–H and O–H groups in total. The van der Waals surface area contributed by atoms with Gasteiger partial charge in [-0.3, -0.25) is 4.79 Å². The van der Waals surface area contributed by atoms with Crippen LogP contribution in [0.15, 0.2) is 46.9 Å². The van der Waals surface area contributed by atoms with Gasteiger partial charge < -0.3 is 14.8 Å². The Bertz CT molecular complexity index is 686. The molecule has 2 aromatic carbocycles. The summed E-state index contributed by atoms with van der Waals surface area (Å²) in [5, 5.41) is 3.00. The highest BCUT2D eigenvalue weighted by atomic mass is 79.9. The normalized spacial score (nSPS) is 11.7. The molecule has 0 spiro atoms. The Balaban J connectivity index is 2.13. The summed E-state index contributed by atoms with van der Waals surface area (Å²) in [6.07, 6.45) is 0. The highest BCUT2D eigenvalue weighted by molar-refractivity contribution is 9.10. The molecule has 0 aliphatic heterocycles. The van der Waals surface area contributed by atoms with Crippen LogP contribution in [0, 0.1) is 0 Å². The second kappa shape index (κ2) is 8.73. The maximum atomic E-state index is 12.3. The standard InChI is InChI=1S/C19H22BrNO3/c1-4-23-17-11-8-15(12-18(17)24-5-2)13(3)21-19(22)14-6-9-16(20)10-7-14/h6-13H,4-5H2,1-3H3,(H,21,22)/t13-/m1/s1. The summed E-state index contributed by atoms with van der Waals surface area (Å²) in [7, 11) is 0. The smallest absolute Gasteiger partial charge is 0.251 e. The molecule has 0 saturated heterocycles. The number of hydrogen-bond donors (Lipinski definition) is 1. The number of carbonyl (C=O) groups excluding carboxylic acids is 1. The largest absolute Gasteiger partial charge is 0.490 e. The van der Waals surface area contributed by atoms with Gasteiger partial charge >= 0.3 is 0 Å². The van der Waals surface area contributed by atoms with E-state index in [9.17, 15) is 4.79 Å². The minimum Gasteiger partial charge on any atom is -0.490 e. The van der Waals surface area contributed by atoms with Crippen LogP contribution < -0.4 is 14.8 Å². The fraction of sp³-hybridized carbons (Fsp3) is 0.316. The van der Waals surface area contributed by atoms with E-state index < -0.39 is 0 Å². The lowest BCUT2D eigenvalue weighted by molar-refractivity contribution is 0.0940. The van der Waals surface area contributed by atoms with Crippen LogP contribution in [0.4, 0.5) is 0 Å². The molecule has 4 nitrogen and oxygen atoms in total. The number of nitrogens with one attached hydrogen (secondary N) is 1. The summed E-state index contributed by atoms with van der Waals surface area (Å²) < 4.78 is 12.2. The van der Waals surface area contributed by atoms with Crippen LogP contribution in [0.5, 0.6) is 11.5 Å². The lowest BCUT2D eigenvalue weighted by Gasteiger charge is -2.17. The van der Waals surface area contributed by atoms with Crippen molar-refractivity contribution in [2.75, 3.05) is 13.2 Å². The van der Waals surface area contributed by atoms with Crippen molar-refractivity contribution >= 4 is 21.8 Å². The van der Waals surface area contributed by atoms with Gasteiger partial charge in [-0.25, -0.2) is 0 Å². The average molecular weight is 392 g/mol. The predicted octanol–water partition coefficient (Wildman–Crippen LogP) is 4.74. The van der Waals surface area contributed by atoms with E-state index in [1.807, 2.05) is 51.1 Å². The third-order valence-electron chi connectivity index (χ3n) is 3.52. The minimum atomic E-state index is -0.143. The van der Waals surface area contributed by atoms with Crippen molar-refractivity contribution in [3.05, 3.63) is 58.1 Å². The molecule has 0 aliphatic rings. The van der Waals surface area contributed by atoms with E-state index in [2.05, 4.69) is 21.2 Å². The van der Waals surface area contributed by atoms with Crippen LogP contribution in [0.2, 0.25) is 0 Å². The molecule has 2 aromatic rings. The van der Waals surface area contributed by atoms with Gasteiger partial charge in [0, 0.05) is 10.0 Å². The highest BCUT2D eigenvalue weighted by Crippen LogP contribution is 2.30. The number of amides is 1. The first-order valence-corrected chi connectivity index (χ1v) is 8.80. The zero-order valence-corrected chi connectivity index (χ0v) is 15.7. The van der Waals surface area contributed by atoms with Gasteiger partial charge in [-0.15, -0.1) is 0 Å². The fourth-order valence-electron chi connectivity index (χ4n) is 2.30. The second-order valence-corrected chi connectivity index (χ2v) is 6.19. The van der Waals surface area contributed by atoms with E-state index in [-0.39, 0.29) is 11.9 Å². The Labute approximate surface area is 151 Å². The number of halogens is 1. The number of benzene rings is 2. The Morgan fingerprint density at radius 3 is 2.29 bits per heavy atom. The first kappa shape index (κ1) is 18.3. The molecule has 0 unspecified atom stereocenters. The number of ether oxygens (including phenoxy) is 2. The molecule has 1 atom stereocenters. The van der Waals surface area contributed by atoms with Crippen molar-refractivity contribution in [2.24, 2.45) is 0 Å². The van der Waals surface area contributed by atoms with Crippen molar-refractivity contribution in [1.29, 1.82) is 0 Å². The summed E-state index contributed by atoms with van der Waals surface area (Å²) in [5.74, 6) is 1.30. The monoisotopic (exact) mass is 391 g/mol. The third kappa shape index (κ3) is 4.74. The topological polar surface area (TPSA) is 47.6 Å². The van der Waals surface area contributed by atoms with E-state index in [1.165, 1.54) is 0 Å². The van der Waals surface area contributed by atoms with Gasteiger partial charge in [0.25, 0.3) is 5.91 Å². The van der Waals surface area contributed by atoms with Crippen LogP contribution in [-0.2, 0) is 0 Å². The Kier molecular flexibility index (Phi) is 6.67. The second-order valence-electron chi connectivity index (χ2n) is 5.27. The number of hydrogen-bond acceptors (Lipinski definition) is 3. The molecule has 0 aliphatic carbocycles. The summed E-state index contributed by atoms with van der Waals surface area (Å²) in [4.78, 5) is 12.3. The van der Waals surface area contributed by atoms with Gasteiger partial charge in [0.2, 0.25) is 0 Å². The van der Waals surface area contributed by atoms with Gasteiger partial charge in [-0.2, -0.15) is 0 Å². The molecule has 0 saturated carbocycles. The third-order valence-corrected chi connectivity index (χ3v) is 4.05.